The molecule has 1 amide bonds. The molecule has 3 N–H and O–H groups in total. The van der Waals surface area contributed by atoms with Gasteiger partial charge >= 0.3 is 0 Å². The summed E-state index contributed by atoms with van der Waals surface area (Å²) in [7, 11) is 4.03. The lowest BCUT2D eigenvalue weighted by Gasteiger charge is -2.12. The van der Waals surface area contributed by atoms with Gasteiger partial charge in [0.05, 0.1) is 0 Å². The molecule has 1 aromatic carbocycles. The first-order chi connectivity index (χ1) is 7.97. The Balaban J connectivity index is 2.62. The highest BCUT2D eigenvalue weighted by Crippen LogP contribution is 2.12. The van der Waals surface area contributed by atoms with Crippen LogP contribution < -0.4 is 11.1 Å². The number of hydrogen-bond acceptors (Lipinski definition) is 3. The van der Waals surface area contributed by atoms with Crippen molar-refractivity contribution in [3.8, 4) is 0 Å². The van der Waals surface area contributed by atoms with Crippen LogP contribution in [-0.4, -0.2) is 30.9 Å². The van der Waals surface area contributed by atoms with E-state index in [2.05, 4.69) is 10.2 Å². The van der Waals surface area contributed by atoms with Crippen molar-refractivity contribution in [2.75, 3.05) is 19.4 Å². The van der Waals surface area contributed by atoms with Crippen LogP contribution in [0.5, 0.6) is 0 Å². The molecule has 17 heavy (non-hydrogen) atoms. The van der Waals surface area contributed by atoms with Crippen LogP contribution in [0.3, 0.4) is 0 Å². The molecule has 0 fully saturated rings. The zero-order chi connectivity index (χ0) is 12.8. The third kappa shape index (κ3) is 5.47. The van der Waals surface area contributed by atoms with Crippen LogP contribution in [0.1, 0.15) is 18.9 Å². The van der Waals surface area contributed by atoms with Crippen LogP contribution >= 0.6 is 0 Å². The molecule has 0 bridgehead atoms. The molecule has 0 aromatic heterocycles. The van der Waals surface area contributed by atoms with Crippen molar-refractivity contribution < 1.29 is 4.79 Å². The predicted molar refractivity (Wildman–Crippen MR) is 70.7 cm³/mol. The van der Waals surface area contributed by atoms with E-state index in [1.807, 2.05) is 45.3 Å². The Bertz CT molecular complexity index is 375. The average Bonchev–Trinajstić information content (AvgIpc) is 2.14. The fraction of sp³-hybridized carbons (Fsp3) is 0.462. The summed E-state index contributed by atoms with van der Waals surface area (Å²) in [5.74, 6) is -0.0398. The number of nitrogens with one attached hydrogen (secondary N) is 1. The number of nitrogens with zero attached hydrogens (tertiary/aromatic N) is 1. The summed E-state index contributed by atoms with van der Waals surface area (Å²) in [6, 6.07) is 7.75. The van der Waals surface area contributed by atoms with Gasteiger partial charge in [0.15, 0.2) is 0 Å². The number of carbonyl (C=O) groups excluding carboxylic acids is 1. The van der Waals surface area contributed by atoms with E-state index in [1.165, 1.54) is 5.56 Å². The van der Waals surface area contributed by atoms with Gasteiger partial charge in [-0.15, -0.1) is 0 Å². The maximum atomic E-state index is 11.6. The minimum atomic E-state index is -0.111. The Morgan fingerprint density at radius 1 is 1.47 bits per heavy atom. The van der Waals surface area contributed by atoms with E-state index in [0.717, 1.165) is 12.2 Å². The first-order valence-electron chi connectivity index (χ1n) is 5.76. The maximum absolute atomic E-state index is 11.6. The minimum Gasteiger partial charge on any atom is -0.327 e. The predicted octanol–water partition coefficient (Wildman–Crippen LogP) is 1.42. The molecular formula is C13H21N3O. The number of nitrogens with two attached hydrogens (primary N) is 1. The van der Waals surface area contributed by atoms with Gasteiger partial charge in [0.1, 0.15) is 0 Å². The van der Waals surface area contributed by atoms with Gasteiger partial charge in [-0.1, -0.05) is 12.1 Å². The van der Waals surface area contributed by atoms with Crippen molar-refractivity contribution in [2.45, 2.75) is 25.9 Å². The number of carbonyl (C=O) groups is 1. The molecule has 4 nitrogen and oxygen atoms in total. The van der Waals surface area contributed by atoms with Crippen LogP contribution in [0.15, 0.2) is 24.3 Å². The molecule has 1 atom stereocenters. The topological polar surface area (TPSA) is 58.4 Å². The Labute approximate surface area is 103 Å². The van der Waals surface area contributed by atoms with Crippen molar-refractivity contribution >= 4 is 11.6 Å². The fourth-order valence-electron chi connectivity index (χ4n) is 1.62. The second kappa shape index (κ2) is 6.37. The summed E-state index contributed by atoms with van der Waals surface area (Å²) in [5.41, 5.74) is 7.58. The molecule has 1 unspecified atom stereocenters. The first kappa shape index (κ1) is 13.7. The molecule has 1 aromatic rings. The molecule has 0 saturated carbocycles. The normalized spacial score (nSPS) is 12.5. The molecule has 0 aliphatic heterocycles. The van der Waals surface area contributed by atoms with E-state index in [-0.39, 0.29) is 11.9 Å². The third-order valence-corrected chi connectivity index (χ3v) is 2.22. The Kier molecular flexibility index (Phi) is 5.12. The molecule has 0 heterocycles. The van der Waals surface area contributed by atoms with Crippen LogP contribution in [-0.2, 0) is 11.3 Å². The van der Waals surface area contributed by atoms with E-state index < -0.39 is 0 Å². The highest BCUT2D eigenvalue weighted by molar-refractivity contribution is 5.91. The number of anilines is 1. The largest absolute Gasteiger partial charge is 0.327 e. The molecule has 94 valence electrons. The molecule has 0 radical (unpaired) electrons. The summed E-state index contributed by atoms with van der Waals surface area (Å²) in [4.78, 5) is 13.6. The third-order valence-electron chi connectivity index (χ3n) is 2.22. The van der Waals surface area contributed by atoms with E-state index in [4.69, 9.17) is 5.73 Å². The van der Waals surface area contributed by atoms with E-state index in [0.29, 0.717) is 6.42 Å². The second-order valence-corrected chi connectivity index (χ2v) is 4.67. The SMILES string of the molecule is CC(N)CC(=O)Nc1cccc(CN(C)C)c1. The lowest BCUT2D eigenvalue weighted by molar-refractivity contribution is -0.116. The van der Waals surface area contributed by atoms with E-state index in [1.54, 1.807) is 0 Å². The van der Waals surface area contributed by atoms with Gasteiger partial charge in [0, 0.05) is 24.7 Å². The highest BCUT2D eigenvalue weighted by atomic mass is 16.1. The summed E-state index contributed by atoms with van der Waals surface area (Å²) < 4.78 is 0. The van der Waals surface area contributed by atoms with Gasteiger partial charge in [-0.2, -0.15) is 0 Å². The van der Waals surface area contributed by atoms with Gasteiger partial charge in [-0.25, -0.2) is 0 Å². The van der Waals surface area contributed by atoms with Gasteiger partial charge in [-0.05, 0) is 38.7 Å². The molecule has 0 aliphatic rings. The van der Waals surface area contributed by atoms with Crippen LogP contribution in [0, 0.1) is 0 Å². The standard InChI is InChI=1S/C13H21N3O/c1-10(14)7-13(17)15-12-6-4-5-11(8-12)9-16(2)3/h4-6,8,10H,7,9,14H2,1-3H3,(H,15,17). The Hall–Kier alpha value is -1.39. The van der Waals surface area contributed by atoms with Gasteiger partial charge < -0.3 is 16.0 Å². The molecular weight excluding hydrogens is 214 g/mol. The summed E-state index contributed by atoms with van der Waals surface area (Å²) >= 11 is 0. The van der Waals surface area contributed by atoms with Gasteiger partial charge in [0.2, 0.25) is 5.91 Å². The van der Waals surface area contributed by atoms with Crippen molar-refractivity contribution in [1.82, 2.24) is 4.90 Å². The number of rotatable bonds is 5. The van der Waals surface area contributed by atoms with E-state index >= 15 is 0 Å². The fourth-order valence-corrected chi connectivity index (χ4v) is 1.62. The van der Waals surface area contributed by atoms with Crippen molar-refractivity contribution in [2.24, 2.45) is 5.73 Å². The molecule has 0 saturated heterocycles. The van der Waals surface area contributed by atoms with Crippen LogP contribution in [0.25, 0.3) is 0 Å². The molecule has 1 rings (SSSR count). The second-order valence-electron chi connectivity index (χ2n) is 4.67. The van der Waals surface area contributed by atoms with Gasteiger partial charge in [0.25, 0.3) is 0 Å². The zero-order valence-electron chi connectivity index (χ0n) is 10.7. The monoisotopic (exact) mass is 235 g/mol. The minimum absolute atomic E-state index is 0.0398. The summed E-state index contributed by atoms with van der Waals surface area (Å²) in [6.07, 6.45) is 0.345. The number of benzene rings is 1. The van der Waals surface area contributed by atoms with Crippen molar-refractivity contribution in [1.29, 1.82) is 0 Å². The smallest absolute Gasteiger partial charge is 0.225 e. The quantitative estimate of drug-likeness (QED) is 0.811. The Morgan fingerprint density at radius 2 is 2.18 bits per heavy atom. The van der Waals surface area contributed by atoms with Gasteiger partial charge in [-0.3, -0.25) is 4.79 Å². The van der Waals surface area contributed by atoms with E-state index in [9.17, 15) is 4.79 Å². The average molecular weight is 235 g/mol. The molecule has 0 aliphatic carbocycles. The summed E-state index contributed by atoms with van der Waals surface area (Å²) in [5, 5.41) is 2.85. The van der Waals surface area contributed by atoms with Crippen molar-refractivity contribution in [3.05, 3.63) is 29.8 Å². The number of hydrogen-bond donors (Lipinski definition) is 2. The first-order valence-corrected chi connectivity index (χ1v) is 5.76. The maximum Gasteiger partial charge on any atom is 0.225 e. The molecule has 4 heteroatoms. The number of amides is 1. The lowest BCUT2D eigenvalue weighted by Crippen LogP contribution is -2.24. The highest BCUT2D eigenvalue weighted by Gasteiger charge is 2.05. The van der Waals surface area contributed by atoms with Crippen LogP contribution in [0.2, 0.25) is 0 Å². The van der Waals surface area contributed by atoms with Crippen molar-refractivity contribution in [3.63, 3.8) is 0 Å². The summed E-state index contributed by atoms with van der Waals surface area (Å²) in [6.45, 7) is 2.68. The van der Waals surface area contributed by atoms with Crippen LogP contribution in [0.4, 0.5) is 5.69 Å². The zero-order valence-corrected chi connectivity index (χ0v) is 10.7. The Morgan fingerprint density at radius 3 is 2.76 bits per heavy atom. The molecule has 0 spiro atoms. The lowest BCUT2D eigenvalue weighted by atomic mass is 10.2.